The average molecular weight is 399 g/mol. The minimum Gasteiger partial charge on any atom is -0.492 e. The third kappa shape index (κ3) is 6.42. The van der Waals surface area contributed by atoms with Gasteiger partial charge in [0.05, 0.1) is 18.9 Å². The lowest BCUT2D eigenvalue weighted by Crippen LogP contribution is -2.48. The van der Waals surface area contributed by atoms with Crippen LogP contribution < -0.4 is 10.1 Å². The van der Waals surface area contributed by atoms with E-state index in [2.05, 4.69) is 15.2 Å². The predicted octanol–water partition coefficient (Wildman–Crippen LogP) is 2.18. The number of carbonyl (C=O) groups excluding carboxylic acids is 2. The van der Waals surface area contributed by atoms with Crippen molar-refractivity contribution in [1.29, 1.82) is 0 Å². The van der Waals surface area contributed by atoms with Crippen molar-refractivity contribution in [2.75, 3.05) is 32.8 Å². The highest BCUT2D eigenvalue weighted by Crippen LogP contribution is 2.16. The topological polar surface area (TPSA) is 80.2 Å². The zero-order valence-electron chi connectivity index (χ0n) is 16.9. The Morgan fingerprint density at radius 1 is 1.24 bits per heavy atom. The quantitative estimate of drug-likeness (QED) is 0.675. The lowest BCUT2D eigenvalue weighted by atomic mass is 9.96. The number of hydrogen-bond acceptors (Lipinski definition) is 7. The van der Waals surface area contributed by atoms with Crippen LogP contribution in [0.3, 0.4) is 0 Å². The molecule has 0 saturated carbocycles. The Morgan fingerprint density at radius 2 is 2.00 bits per heavy atom. The number of ether oxygens (including phenoxy) is 2. The van der Waals surface area contributed by atoms with Crippen LogP contribution >= 0.6 is 0 Å². The van der Waals surface area contributed by atoms with Gasteiger partial charge in [0.15, 0.2) is 5.84 Å². The maximum absolute atomic E-state index is 12.6. The number of nitrogens with zero attached hydrogens (tertiary/aromatic N) is 2. The standard InChI is InChI=1S/C22H29N3O4/c1-2-28-20(26)16-17-8-11-23-22(21(17)27)24-18-9-12-25(13-10-18)14-15-29-19-6-4-3-5-7-19/h3-8,11,17-18H,2,9-10,12-16H2,1H3,(H,23,24). The molecule has 0 amide bonds. The van der Waals surface area contributed by atoms with Crippen molar-refractivity contribution in [2.45, 2.75) is 32.2 Å². The van der Waals surface area contributed by atoms with E-state index in [1.807, 2.05) is 30.3 Å². The van der Waals surface area contributed by atoms with Crippen LogP contribution in [0.4, 0.5) is 0 Å². The Morgan fingerprint density at radius 3 is 2.72 bits per heavy atom. The van der Waals surface area contributed by atoms with Crippen molar-refractivity contribution in [3.63, 3.8) is 0 Å². The molecule has 0 aromatic heterocycles. The first-order valence-corrected chi connectivity index (χ1v) is 10.3. The summed E-state index contributed by atoms with van der Waals surface area (Å²) in [6.45, 7) is 5.50. The lowest BCUT2D eigenvalue weighted by molar-refractivity contribution is -0.144. The van der Waals surface area contributed by atoms with Crippen LogP contribution in [0.2, 0.25) is 0 Å². The molecule has 156 valence electrons. The van der Waals surface area contributed by atoms with Gasteiger partial charge in [-0.1, -0.05) is 24.3 Å². The Kier molecular flexibility index (Phi) is 7.81. The summed E-state index contributed by atoms with van der Waals surface area (Å²) < 4.78 is 10.7. The second-order valence-corrected chi connectivity index (χ2v) is 7.22. The van der Waals surface area contributed by atoms with Gasteiger partial charge in [-0.3, -0.25) is 14.5 Å². The van der Waals surface area contributed by atoms with E-state index in [1.165, 1.54) is 0 Å². The summed E-state index contributed by atoms with van der Waals surface area (Å²) in [4.78, 5) is 30.9. The second-order valence-electron chi connectivity index (χ2n) is 7.22. The number of esters is 1. The van der Waals surface area contributed by atoms with Gasteiger partial charge in [0.1, 0.15) is 12.4 Å². The first-order valence-electron chi connectivity index (χ1n) is 10.3. The minimum absolute atomic E-state index is 0.0593. The summed E-state index contributed by atoms with van der Waals surface area (Å²) in [5, 5.41) is 3.28. The Hall–Kier alpha value is -2.67. The first-order chi connectivity index (χ1) is 14.2. The largest absolute Gasteiger partial charge is 0.492 e. The van der Waals surface area contributed by atoms with Crippen LogP contribution in [-0.4, -0.2) is 61.4 Å². The molecule has 0 bridgehead atoms. The average Bonchev–Trinajstić information content (AvgIpc) is 2.73. The van der Waals surface area contributed by atoms with Crippen LogP contribution in [0.1, 0.15) is 26.2 Å². The summed E-state index contributed by atoms with van der Waals surface area (Å²) in [5.74, 6) is 0.252. The molecule has 2 heterocycles. The van der Waals surface area contributed by atoms with E-state index < -0.39 is 5.92 Å². The Labute approximate surface area is 171 Å². The highest BCUT2D eigenvalue weighted by atomic mass is 16.5. The smallest absolute Gasteiger partial charge is 0.306 e. The van der Waals surface area contributed by atoms with Gasteiger partial charge < -0.3 is 14.8 Å². The number of Topliss-reactive ketones (excluding diaryl/α,β-unsaturated/α-hetero) is 1. The number of piperidine rings is 1. The van der Waals surface area contributed by atoms with Gasteiger partial charge >= 0.3 is 5.97 Å². The molecule has 1 saturated heterocycles. The summed E-state index contributed by atoms with van der Waals surface area (Å²) in [7, 11) is 0. The van der Waals surface area contributed by atoms with Gasteiger partial charge in [-0.05, 0) is 31.9 Å². The maximum Gasteiger partial charge on any atom is 0.306 e. The van der Waals surface area contributed by atoms with E-state index >= 15 is 0 Å². The number of allylic oxidation sites excluding steroid dienone is 1. The van der Waals surface area contributed by atoms with E-state index in [9.17, 15) is 9.59 Å². The molecular weight excluding hydrogens is 370 g/mol. The number of hydrogen-bond donors (Lipinski definition) is 1. The number of ketones is 1. The van der Waals surface area contributed by atoms with Crippen LogP contribution in [0.25, 0.3) is 0 Å². The summed E-state index contributed by atoms with van der Waals surface area (Å²) in [6, 6.07) is 10.0. The van der Waals surface area contributed by atoms with Gasteiger partial charge in [0, 0.05) is 31.9 Å². The number of para-hydroxylation sites is 1. The molecule has 1 atom stereocenters. The zero-order valence-corrected chi connectivity index (χ0v) is 16.9. The number of carbonyl (C=O) groups is 2. The maximum atomic E-state index is 12.6. The molecule has 1 fully saturated rings. The highest BCUT2D eigenvalue weighted by Gasteiger charge is 2.29. The fourth-order valence-corrected chi connectivity index (χ4v) is 3.52. The summed E-state index contributed by atoms with van der Waals surface area (Å²) in [5.41, 5.74) is 0. The first kappa shape index (κ1) is 21.0. The number of rotatable bonds is 8. The number of amidine groups is 1. The molecule has 2 aliphatic rings. The molecule has 29 heavy (non-hydrogen) atoms. The number of likely N-dealkylation sites (tertiary alicyclic amines) is 1. The molecule has 7 heteroatoms. The third-order valence-corrected chi connectivity index (χ3v) is 5.13. The van der Waals surface area contributed by atoms with Crippen LogP contribution in [-0.2, 0) is 14.3 Å². The second kappa shape index (κ2) is 10.8. The SMILES string of the molecule is CCOC(=O)CC1C=CN=C(NC2CCN(CCOc3ccccc3)CC2)C1=O. The van der Waals surface area contributed by atoms with E-state index in [0.717, 1.165) is 38.2 Å². The molecule has 0 spiro atoms. The molecule has 7 nitrogen and oxygen atoms in total. The zero-order chi connectivity index (χ0) is 20.5. The Balaban J connectivity index is 1.38. The van der Waals surface area contributed by atoms with Gasteiger partial charge in [0.25, 0.3) is 0 Å². The van der Waals surface area contributed by atoms with Gasteiger partial charge in [0.2, 0.25) is 5.78 Å². The fraction of sp³-hybridized carbons (Fsp3) is 0.500. The number of nitrogens with one attached hydrogen (secondary N) is 1. The van der Waals surface area contributed by atoms with Crippen molar-refractivity contribution in [1.82, 2.24) is 10.2 Å². The fourth-order valence-electron chi connectivity index (χ4n) is 3.52. The van der Waals surface area contributed by atoms with Crippen LogP contribution in [0.5, 0.6) is 5.75 Å². The molecule has 1 N–H and O–H groups in total. The monoisotopic (exact) mass is 399 g/mol. The van der Waals surface area contributed by atoms with Gasteiger partial charge in [-0.2, -0.15) is 0 Å². The van der Waals surface area contributed by atoms with E-state index in [1.54, 1.807) is 19.2 Å². The minimum atomic E-state index is -0.496. The predicted molar refractivity (Wildman–Crippen MR) is 111 cm³/mol. The van der Waals surface area contributed by atoms with Gasteiger partial charge in [-0.15, -0.1) is 0 Å². The van der Waals surface area contributed by atoms with E-state index in [4.69, 9.17) is 9.47 Å². The molecule has 2 aliphatic heterocycles. The lowest BCUT2D eigenvalue weighted by Gasteiger charge is -2.33. The third-order valence-electron chi connectivity index (χ3n) is 5.13. The number of benzene rings is 1. The van der Waals surface area contributed by atoms with Crippen molar-refractivity contribution >= 4 is 17.6 Å². The molecule has 1 unspecified atom stereocenters. The van der Waals surface area contributed by atoms with E-state index in [0.29, 0.717) is 19.0 Å². The van der Waals surface area contributed by atoms with Gasteiger partial charge in [-0.25, -0.2) is 4.99 Å². The molecule has 0 radical (unpaired) electrons. The molecule has 0 aliphatic carbocycles. The van der Waals surface area contributed by atoms with Crippen molar-refractivity contribution < 1.29 is 19.1 Å². The van der Waals surface area contributed by atoms with Crippen molar-refractivity contribution in [3.05, 3.63) is 42.6 Å². The summed E-state index contributed by atoms with van der Waals surface area (Å²) in [6.07, 6.45) is 5.20. The van der Waals surface area contributed by atoms with E-state index in [-0.39, 0.29) is 24.2 Å². The Bertz CT molecular complexity index is 740. The molecule has 1 aromatic carbocycles. The number of aliphatic imine (C=N–C) groups is 1. The van der Waals surface area contributed by atoms with Crippen molar-refractivity contribution in [3.8, 4) is 5.75 Å². The van der Waals surface area contributed by atoms with Crippen LogP contribution in [0.15, 0.2) is 47.6 Å². The summed E-state index contributed by atoms with van der Waals surface area (Å²) >= 11 is 0. The van der Waals surface area contributed by atoms with Crippen LogP contribution in [0, 0.1) is 5.92 Å². The molecular formula is C22H29N3O4. The molecule has 1 aromatic rings. The van der Waals surface area contributed by atoms with Crippen molar-refractivity contribution in [2.24, 2.45) is 10.9 Å². The molecule has 3 rings (SSSR count). The highest BCUT2D eigenvalue weighted by molar-refractivity contribution is 6.40. The normalized spacial score (nSPS) is 20.2.